The van der Waals surface area contributed by atoms with Gasteiger partial charge >= 0.3 is 6.09 Å². The lowest BCUT2D eigenvalue weighted by Gasteiger charge is -2.17. The Kier molecular flexibility index (Phi) is 4.94. The Bertz CT molecular complexity index is 785. The lowest BCUT2D eigenvalue weighted by Crippen LogP contribution is -2.19. The second kappa shape index (κ2) is 7.14. The van der Waals surface area contributed by atoms with E-state index in [-0.39, 0.29) is 22.8 Å². The molecule has 1 aliphatic rings. The van der Waals surface area contributed by atoms with Gasteiger partial charge in [0.05, 0.1) is 0 Å². The summed E-state index contributed by atoms with van der Waals surface area (Å²) in [5, 5.41) is 3.20. The van der Waals surface area contributed by atoms with E-state index in [9.17, 15) is 18.0 Å². The quantitative estimate of drug-likeness (QED) is 0.888. The number of amides is 1. The third kappa shape index (κ3) is 4.11. The maximum absolute atomic E-state index is 14.1. The maximum atomic E-state index is 14.1. The van der Waals surface area contributed by atoms with E-state index in [1.165, 1.54) is 6.07 Å². The van der Waals surface area contributed by atoms with Gasteiger partial charge in [-0.05, 0) is 67.2 Å². The number of benzene rings is 2. The molecule has 0 saturated carbocycles. The second-order valence-electron chi connectivity index (χ2n) is 6.08. The largest absolute Gasteiger partial charge is 0.410 e. The molecular formula is C18H17F3N2O2. The van der Waals surface area contributed by atoms with Crippen molar-refractivity contribution >= 4 is 6.09 Å². The van der Waals surface area contributed by atoms with Crippen molar-refractivity contribution in [1.29, 1.82) is 0 Å². The summed E-state index contributed by atoms with van der Waals surface area (Å²) in [5.41, 5.74) is 5.72. The number of rotatable bonds is 4. The predicted molar refractivity (Wildman–Crippen MR) is 86.6 cm³/mol. The van der Waals surface area contributed by atoms with Crippen molar-refractivity contribution in [3.05, 3.63) is 53.3 Å². The molecule has 25 heavy (non-hydrogen) atoms. The topological polar surface area (TPSA) is 64.4 Å². The van der Waals surface area contributed by atoms with Gasteiger partial charge < -0.3 is 15.8 Å². The van der Waals surface area contributed by atoms with Crippen LogP contribution < -0.4 is 15.8 Å². The monoisotopic (exact) mass is 350 g/mol. The first-order valence-electron chi connectivity index (χ1n) is 7.89. The van der Waals surface area contributed by atoms with Crippen LogP contribution in [0.25, 0.3) is 11.1 Å². The summed E-state index contributed by atoms with van der Waals surface area (Å²) in [6, 6.07) is 5.14. The van der Waals surface area contributed by atoms with Crippen molar-refractivity contribution in [1.82, 2.24) is 5.32 Å². The molecule has 0 aliphatic carbocycles. The summed E-state index contributed by atoms with van der Waals surface area (Å²) in [4.78, 5) is 11.3. The number of carbonyl (C=O) groups excluding carboxylic acids is 1. The number of ether oxygens (including phenoxy) is 1. The number of hydrogen-bond donors (Lipinski definition) is 2. The third-order valence-electron chi connectivity index (χ3n) is 4.18. The van der Waals surface area contributed by atoms with E-state index in [0.29, 0.717) is 18.1 Å². The lowest BCUT2D eigenvalue weighted by molar-refractivity contribution is 0.210. The first-order valence-corrected chi connectivity index (χ1v) is 7.89. The van der Waals surface area contributed by atoms with Crippen molar-refractivity contribution in [2.75, 3.05) is 13.1 Å². The van der Waals surface area contributed by atoms with Crippen LogP contribution in [-0.4, -0.2) is 19.2 Å². The molecule has 4 nitrogen and oxygen atoms in total. The molecule has 0 bridgehead atoms. The van der Waals surface area contributed by atoms with Crippen molar-refractivity contribution < 1.29 is 22.7 Å². The number of carbonyl (C=O) groups is 1. The Morgan fingerprint density at radius 2 is 1.80 bits per heavy atom. The molecule has 132 valence electrons. The van der Waals surface area contributed by atoms with E-state index in [0.717, 1.165) is 37.7 Å². The van der Waals surface area contributed by atoms with Gasteiger partial charge in [-0.3, -0.25) is 0 Å². The van der Waals surface area contributed by atoms with Gasteiger partial charge in [0.25, 0.3) is 0 Å². The first kappa shape index (κ1) is 17.3. The van der Waals surface area contributed by atoms with Gasteiger partial charge in [-0.2, -0.15) is 0 Å². The Labute approximate surface area is 142 Å². The molecule has 3 N–H and O–H groups in total. The maximum Gasteiger partial charge on any atom is 0.409 e. The van der Waals surface area contributed by atoms with E-state index in [2.05, 4.69) is 5.32 Å². The van der Waals surface area contributed by atoms with Crippen LogP contribution >= 0.6 is 0 Å². The number of hydrogen-bond acceptors (Lipinski definition) is 3. The normalized spacial score (nSPS) is 16.8. The van der Waals surface area contributed by atoms with Crippen LogP contribution in [0.15, 0.2) is 30.3 Å². The smallest absolute Gasteiger partial charge is 0.409 e. The fourth-order valence-electron chi connectivity index (χ4n) is 3.15. The lowest BCUT2D eigenvalue weighted by atomic mass is 9.94. The summed E-state index contributed by atoms with van der Waals surface area (Å²) >= 11 is 0. The Morgan fingerprint density at radius 1 is 1.12 bits per heavy atom. The van der Waals surface area contributed by atoms with E-state index in [4.69, 9.17) is 10.5 Å². The zero-order valence-electron chi connectivity index (χ0n) is 13.3. The molecule has 1 aliphatic heterocycles. The van der Waals surface area contributed by atoms with E-state index < -0.39 is 23.5 Å². The van der Waals surface area contributed by atoms with Gasteiger partial charge in [0.15, 0.2) is 0 Å². The minimum Gasteiger partial charge on any atom is -0.410 e. The van der Waals surface area contributed by atoms with Crippen LogP contribution in [-0.2, 0) is 6.42 Å². The van der Waals surface area contributed by atoms with Crippen LogP contribution in [0.2, 0.25) is 0 Å². The van der Waals surface area contributed by atoms with Crippen LogP contribution in [0.1, 0.15) is 12.0 Å². The van der Waals surface area contributed by atoms with Gasteiger partial charge in [-0.15, -0.1) is 0 Å². The molecule has 0 radical (unpaired) electrons. The van der Waals surface area contributed by atoms with Crippen LogP contribution in [0.3, 0.4) is 0 Å². The highest BCUT2D eigenvalue weighted by Gasteiger charge is 2.22. The van der Waals surface area contributed by atoms with Crippen molar-refractivity contribution in [3.8, 4) is 16.9 Å². The van der Waals surface area contributed by atoms with Gasteiger partial charge in [0.1, 0.15) is 23.2 Å². The molecule has 1 amide bonds. The van der Waals surface area contributed by atoms with Crippen LogP contribution in [0.4, 0.5) is 18.0 Å². The molecule has 0 aromatic heterocycles. The molecule has 2 aromatic rings. The number of halogens is 3. The standard InChI is InChI=1S/C18H17F3N2O2/c19-13-4-11(5-14(20)7-13)16-8-15(21)6-12(17(16)25-18(22)24)3-10-1-2-23-9-10/h4-8,10,23H,1-3,9H2,(H2,22,24)/t10-/m1/s1. The van der Waals surface area contributed by atoms with Gasteiger partial charge in [0.2, 0.25) is 0 Å². The molecule has 0 unspecified atom stereocenters. The summed E-state index contributed by atoms with van der Waals surface area (Å²) in [6.07, 6.45) is 0.282. The molecule has 0 spiro atoms. The molecule has 7 heteroatoms. The number of nitrogens with two attached hydrogens (primary N) is 1. The summed E-state index contributed by atoms with van der Waals surface area (Å²) in [5.74, 6) is -1.94. The predicted octanol–water partition coefficient (Wildman–Crippen LogP) is 3.38. The molecule has 1 fully saturated rings. The highest BCUT2D eigenvalue weighted by atomic mass is 19.1. The molecule has 2 aromatic carbocycles. The van der Waals surface area contributed by atoms with E-state index >= 15 is 0 Å². The fraction of sp³-hybridized carbons (Fsp3) is 0.278. The molecular weight excluding hydrogens is 333 g/mol. The fourth-order valence-corrected chi connectivity index (χ4v) is 3.15. The van der Waals surface area contributed by atoms with Gasteiger partial charge in [0, 0.05) is 11.6 Å². The summed E-state index contributed by atoms with van der Waals surface area (Å²) in [6.45, 7) is 1.62. The first-order chi connectivity index (χ1) is 11.9. The van der Waals surface area contributed by atoms with Crippen molar-refractivity contribution in [2.45, 2.75) is 12.8 Å². The van der Waals surface area contributed by atoms with Crippen LogP contribution in [0.5, 0.6) is 5.75 Å². The van der Waals surface area contributed by atoms with E-state index in [1.807, 2.05) is 0 Å². The second-order valence-corrected chi connectivity index (χ2v) is 6.08. The zero-order chi connectivity index (χ0) is 18.0. The van der Waals surface area contributed by atoms with Crippen LogP contribution in [0, 0.1) is 23.4 Å². The number of nitrogens with one attached hydrogen (secondary N) is 1. The van der Waals surface area contributed by atoms with Crippen molar-refractivity contribution in [3.63, 3.8) is 0 Å². The Balaban J connectivity index is 2.11. The average molecular weight is 350 g/mol. The average Bonchev–Trinajstić information content (AvgIpc) is 3.01. The molecule has 3 rings (SSSR count). The molecule has 1 heterocycles. The third-order valence-corrected chi connectivity index (χ3v) is 4.18. The zero-order valence-corrected chi connectivity index (χ0v) is 13.3. The SMILES string of the molecule is NC(=O)Oc1c(C[C@H]2CCNC2)cc(F)cc1-c1cc(F)cc(F)c1. The Hall–Kier alpha value is -2.54. The minimum absolute atomic E-state index is 0.0331. The highest BCUT2D eigenvalue weighted by molar-refractivity contribution is 5.78. The number of primary amides is 1. The summed E-state index contributed by atoms with van der Waals surface area (Å²) in [7, 11) is 0. The molecule has 1 saturated heterocycles. The molecule has 1 atom stereocenters. The van der Waals surface area contributed by atoms with Gasteiger partial charge in [-0.1, -0.05) is 0 Å². The summed E-state index contributed by atoms with van der Waals surface area (Å²) < 4.78 is 46.3. The van der Waals surface area contributed by atoms with E-state index in [1.54, 1.807) is 0 Å². The van der Waals surface area contributed by atoms with Gasteiger partial charge in [-0.25, -0.2) is 18.0 Å². The van der Waals surface area contributed by atoms with Crippen molar-refractivity contribution in [2.24, 2.45) is 11.7 Å². The minimum atomic E-state index is -1.07. The Morgan fingerprint density at radius 3 is 2.40 bits per heavy atom. The highest BCUT2D eigenvalue weighted by Crippen LogP contribution is 2.37.